The zero-order valence-corrected chi connectivity index (χ0v) is 25.7. The van der Waals surface area contributed by atoms with Crippen LogP contribution in [0.2, 0.25) is 0 Å². The molecule has 2 aromatic carbocycles. The van der Waals surface area contributed by atoms with Crippen molar-refractivity contribution < 1.29 is 58.3 Å². The van der Waals surface area contributed by atoms with Gasteiger partial charge in [0.15, 0.2) is 23.0 Å². The third-order valence-electron chi connectivity index (χ3n) is 6.08. The molecule has 0 bridgehead atoms. The van der Waals surface area contributed by atoms with Crippen LogP contribution in [0.15, 0.2) is 36.4 Å². The number of aliphatic hydroxyl groups excluding tert-OH is 4. The molecule has 0 aromatic heterocycles. The van der Waals surface area contributed by atoms with Crippen molar-refractivity contribution in [1.82, 2.24) is 0 Å². The maximum Gasteiger partial charge on any atom is 0.161 e. The van der Waals surface area contributed by atoms with Crippen LogP contribution in [0, 0.1) is 0 Å². The Morgan fingerprint density at radius 3 is 1.00 bits per heavy atom. The SMILES string of the molecule is OCCOCCOc1ccc(CCCCc2ccc(OCCOCCO)c(OCCOCCO)c2)cc1OCCOCCO. The van der Waals surface area contributed by atoms with Gasteiger partial charge in [-0.25, -0.2) is 0 Å². The minimum absolute atomic E-state index is 0.0320. The summed E-state index contributed by atoms with van der Waals surface area (Å²) in [6.45, 7) is 3.67. The Balaban J connectivity index is 1.91. The van der Waals surface area contributed by atoms with Crippen molar-refractivity contribution in [1.29, 1.82) is 0 Å². The molecule has 2 rings (SSSR count). The fourth-order valence-electron chi connectivity index (χ4n) is 4.05. The van der Waals surface area contributed by atoms with Crippen LogP contribution >= 0.6 is 0 Å². The van der Waals surface area contributed by atoms with Gasteiger partial charge in [-0.05, 0) is 61.1 Å². The Labute approximate surface area is 260 Å². The number of rotatable bonds is 29. The van der Waals surface area contributed by atoms with E-state index < -0.39 is 0 Å². The van der Waals surface area contributed by atoms with Crippen molar-refractivity contribution in [2.45, 2.75) is 25.7 Å². The summed E-state index contributed by atoms with van der Waals surface area (Å²) in [6.07, 6.45) is 3.63. The highest BCUT2D eigenvalue weighted by molar-refractivity contribution is 5.44. The molecule has 0 aliphatic heterocycles. The third-order valence-corrected chi connectivity index (χ3v) is 6.08. The summed E-state index contributed by atoms with van der Waals surface area (Å²) in [5, 5.41) is 35.5. The minimum atomic E-state index is -0.0358. The predicted octanol–water partition coefficient (Wildman–Crippen LogP) is 1.80. The highest BCUT2D eigenvalue weighted by Gasteiger charge is 2.10. The minimum Gasteiger partial charge on any atom is -0.487 e. The van der Waals surface area contributed by atoms with Gasteiger partial charge in [0.25, 0.3) is 0 Å². The molecule has 0 unspecified atom stereocenters. The zero-order chi connectivity index (χ0) is 31.5. The standard InChI is InChI=1S/C32H50O12/c33-9-13-37-17-21-41-29-7-5-27(25-31(29)43-23-19-39-15-11-35)3-1-2-4-28-6-8-30(42-22-18-38-14-10-34)32(26-28)44-24-20-40-16-12-36/h5-8,25-26,33-36H,1-4,9-24H2. The molecule has 44 heavy (non-hydrogen) atoms. The molecule has 0 amide bonds. The molecule has 0 atom stereocenters. The Bertz CT molecular complexity index is 897. The average Bonchev–Trinajstić information content (AvgIpc) is 3.04. The lowest BCUT2D eigenvalue weighted by molar-refractivity contribution is 0.0644. The monoisotopic (exact) mass is 626 g/mol. The second kappa shape index (κ2) is 25.6. The molecule has 0 heterocycles. The number of unbranched alkanes of at least 4 members (excludes halogenated alkanes) is 1. The fourth-order valence-corrected chi connectivity index (χ4v) is 4.05. The fraction of sp³-hybridized carbons (Fsp3) is 0.625. The topological polar surface area (TPSA) is 155 Å². The van der Waals surface area contributed by atoms with Crippen molar-refractivity contribution in [3.8, 4) is 23.0 Å². The highest BCUT2D eigenvalue weighted by Crippen LogP contribution is 2.31. The lowest BCUT2D eigenvalue weighted by Crippen LogP contribution is -2.12. The lowest BCUT2D eigenvalue weighted by atomic mass is 10.0. The smallest absolute Gasteiger partial charge is 0.161 e. The first kappa shape index (κ1) is 37.5. The molecule has 0 aliphatic rings. The largest absolute Gasteiger partial charge is 0.487 e. The molecule has 0 saturated heterocycles. The van der Waals surface area contributed by atoms with E-state index in [1.54, 1.807) is 0 Å². The molecule has 0 aliphatic carbocycles. The first-order valence-corrected chi connectivity index (χ1v) is 15.2. The van der Waals surface area contributed by atoms with Crippen LogP contribution in [0.4, 0.5) is 0 Å². The van der Waals surface area contributed by atoms with Gasteiger partial charge in [0, 0.05) is 0 Å². The molecule has 2 aromatic rings. The van der Waals surface area contributed by atoms with Crippen LogP contribution in [0.5, 0.6) is 23.0 Å². The molecule has 0 spiro atoms. The summed E-state index contributed by atoms with van der Waals surface area (Å²) < 4.78 is 44.7. The van der Waals surface area contributed by atoms with Crippen molar-refractivity contribution >= 4 is 0 Å². The number of hydrogen-bond acceptors (Lipinski definition) is 12. The van der Waals surface area contributed by atoms with Crippen molar-refractivity contribution in [3.63, 3.8) is 0 Å². The highest BCUT2D eigenvalue weighted by atomic mass is 16.6. The van der Waals surface area contributed by atoms with E-state index in [1.807, 2.05) is 36.4 Å². The summed E-state index contributed by atoms with van der Waals surface area (Å²) in [6, 6.07) is 11.8. The van der Waals surface area contributed by atoms with E-state index in [9.17, 15) is 0 Å². The molecule has 0 saturated carbocycles. The second-order valence-corrected chi connectivity index (χ2v) is 9.51. The summed E-state index contributed by atoms with van der Waals surface area (Å²) in [7, 11) is 0. The van der Waals surface area contributed by atoms with Gasteiger partial charge < -0.3 is 58.3 Å². The molecular weight excluding hydrogens is 576 g/mol. The van der Waals surface area contributed by atoms with Gasteiger partial charge in [0.1, 0.15) is 26.4 Å². The van der Waals surface area contributed by atoms with E-state index in [-0.39, 0.29) is 52.9 Å². The van der Waals surface area contributed by atoms with E-state index in [4.69, 9.17) is 58.3 Å². The van der Waals surface area contributed by atoms with Crippen LogP contribution in [0.1, 0.15) is 24.0 Å². The van der Waals surface area contributed by atoms with Crippen LogP contribution < -0.4 is 18.9 Å². The third kappa shape index (κ3) is 17.0. The van der Waals surface area contributed by atoms with Gasteiger partial charge in [-0.3, -0.25) is 0 Å². The Hall–Kier alpha value is -2.68. The van der Waals surface area contributed by atoms with E-state index >= 15 is 0 Å². The van der Waals surface area contributed by atoms with Crippen molar-refractivity contribution in [2.24, 2.45) is 0 Å². The average molecular weight is 627 g/mol. The summed E-state index contributed by atoms with van der Waals surface area (Å²) in [4.78, 5) is 0. The Kier molecular flexibility index (Phi) is 21.8. The first-order valence-electron chi connectivity index (χ1n) is 15.2. The summed E-state index contributed by atoms with van der Waals surface area (Å²) in [5.74, 6) is 2.47. The van der Waals surface area contributed by atoms with Gasteiger partial charge in [-0.15, -0.1) is 0 Å². The molecule has 12 nitrogen and oxygen atoms in total. The van der Waals surface area contributed by atoms with Gasteiger partial charge in [-0.1, -0.05) is 12.1 Å². The second-order valence-electron chi connectivity index (χ2n) is 9.51. The van der Waals surface area contributed by atoms with Gasteiger partial charge in [0.05, 0.1) is 79.3 Å². The van der Waals surface area contributed by atoms with Gasteiger partial charge in [-0.2, -0.15) is 0 Å². The number of ether oxygens (including phenoxy) is 8. The summed E-state index contributed by atoms with van der Waals surface area (Å²) >= 11 is 0. The quantitative estimate of drug-likeness (QED) is 0.0974. The normalized spacial score (nSPS) is 11.1. The van der Waals surface area contributed by atoms with Gasteiger partial charge in [0.2, 0.25) is 0 Å². The number of benzene rings is 2. The zero-order valence-electron chi connectivity index (χ0n) is 25.7. The van der Waals surface area contributed by atoms with Crippen LogP contribution in [0.25, 0.3) is 0 Å². The Morgan fingerprint density at radius 1 is 0.364 bits per heavy atom. The number of hydrogen-bond donors (Lipinski definition) is 4. The number of aryl methyl sites for hydroxylation is 2. The molecule has 4 N–H and O–H groups in total. The first-order chi connectivity index (χ1) is 21.7. The van der Waals surface area contributed by atoms with E-state index in [0.29, 0.717) is 75.9 Å². The predicted molar refractivity (Wildman–Crippen MR) is 163 cm³/mol. The van der Waals surface area contributed by atoms with Crippen molar-refractivity contribution in [2.75, 3.05) is 106 Å². The van der Waals surface area contributed by atoms with E-state index in [0.717, 1.165) is 36.8 Å². The van der Waals surface area contributed by atoms with Crippen molar-refractivity contribution in [3.05, 3.63) is 47.5 Å². The molecule has 12 heteroatoms. The maximum atomic E-state index is 8.89. The lowest BCUT2D eigenvalue weighted by Gasteiger charge is -2.15. The Morgan fingerprint density at radius 2 is 0.682 bits per heavy atom. The number of aliphatic hydroxyl groups is 4. The van der Waals surface area contributed by atoms with E-state index in [2.05, 4.69) is 0 Å². The summed E-state index contributed by atoms with van der Waals surface area (Å²) in [5.41, 5.74) is 2.25. The van der Waals surface area contributed by atoms with Crippen LogP contribution in [-0.2, 0) is 31.8 Å². The van der Waals surface area contributed by atoms with E-state index in [1.165, 1.54) is 0 Å². The van der Waals surface area contributed by atoms with Gasteiger partial charge >= 0.3 is 0 Å². The molecule has 0 radical (unpaired) electrons. The van der Waals surface area contributed by atoms with Crippen LogP contribution in [-0.4, -0.2) is 126 Å². The maximum absolute atomic E-state index is 8.89. The molecule has 0 fully saturated rings. The van der Waals surface area contributed by atoms with Crippen LogP contribution in [0.3, 0.4) is 0 Å². The molecular formula is C32H50O12. The molecule has 250 valence electrons.